The molecule has 0 fully saturated rings. The van der Waals surface area contributed by atoms with Crippen LogP contribution < -0.4 is 0 Å². The van der Waals surface area contributed by atoms with E-state index >= 15 is 0 Å². The van der Waals surface area contributed by atoms with Crippen LogP contribution in [-0.2, 0) is 16.8 Å². The van der Waals surface area contributed by atoms with Gasteiger partial charge in [0.2, 0.25) is 0 Å². The largest absolute Gasteiger partial charge is 0.479 e. The van der Waals surface area contributed by atoms with E-state index in [-0.39, 0.29) is 5.56 Å². The molecule has 1 aromatic rings. The predicted molar refractivity (Wildman–Crippen MR) is 50.1 cm³/mol. The first-order valence-electron chi connectivity index (χ1n) is 4.79. The van der Waals surface area contributed by atoms with Crippen molar-refractivity contribution in [2.75, 3.05) is 0 Å². The van der Waals surface area contributed by atoms with E-state index in [1.807, 2.05) is 0 Å². The van der Waals surface area contributed by atoms with Crippen molar-refractivity contribution < 1.29 is 19.5 Å². The topological polar surface area (TPSA) is 83.6 Å². The molecule has 0 spiro atoms. The van der Waals surface area contributed by atoms with Gasteiger partial charge in [0, 0.05) is 11.8 Å². The molecule has 0 saturated carbocycles. The van der Waals surface area contributed by atoms with Crippen LogP contribution in [0.4, 0.5) is 0 Å². The Morgan fingerprint density at radius 1 is 1.60 bits per heavy atom. The zero-order valence-corrected chi connectivity index (χ0v) is 8.65. The Morgan fingerprint density at radius 2 is 2.27 bits per heavy atom. The van der Waals surface area contributed by atoms with Crippen molar-refractivity contribution in [3.05, 3.63) is 17.5 Å². The molecule has 0 aromatic carbocycles. The van der Waals surface area contributed by atoms with Gasteiger partial charge in [-0.3, -0.25) is 0 Å². The van der Waals surface area contributed by atoms with Gasteiger partial charge in [-0.15, -0.1) is 0 Å². The fourth-order valence-corrected chi connectivity index (χ4v) is 2.12. The van der Waals surface area contributed by atoms with Crippen molar-refractivity contribution in [1.29, 1.82) is 0 Å². The monoisotopic (exact) mass is 211 g/mol. The number of hydrogen-bond donors (Lipinski definition) is 2. The Kier molecular flexibility index (Phi) is 1.91. The zero-order chi connectivity index (χ0) is 11.3. The number of nitrogens with zero attached hydrogens (tertiary/aromatic N) is 1. The average Bonchev–Trinajstić information content (AvgIpc) is 2.60. The third kappa shape index (κ3) is 1.13. The minimum atomic E-state index is -1.90. The van der Waals surface area contributed by atoms with E-state index in [9.17, 15) is 15.0 Å². The van der Waals surface area contributed by atoms with Crippen LogP contribution in [0, 0.1) is 5.41 Å². The van der Waals surface area contributed by atoms with Gasteiger partial charge in [0.15, 0.2) is 5.60 Å². The van der Waals surface area contributed by atoms with Gasteiger partial charge < -0.3 is 14.7 Å². The van der Waals surface area contributed by atoms with Crippen LogP contribution in [0.2, 0.25) is 0 Å². The molecule has 0 aliphatic heterocycles. The highest BCUT2D eigenvalue weighted by atomic mass is 16.5. The Labute approximate surface area is 86.7 Å². The third-order valence-electron chi connectivity index (χ3n) is 3.30. The van der Waals surface area contributed by atoms with Gasteiger partial charge in [0.05, 0.1) is 11.8 Å². The molecular weight excluding hydrogens is 198 g/mol. The number of aryl methyl sites for hydroxylation is 1. The number of carbonyl (C=O) groups is 1. The van der Waals surface area contributed by atoms with Crippen LogP contribution in [0.3, 0.4) is 0 Å². The fraction of sp³-hybridized carbons (Fsp3) is 0.600. The van der Waals surface area contributed by atoms with E-state index < -0.39 is 17.0 Å². The summed E-state index contributed by atoms with van der Waals surface area (Å²) in [5.74, 6) is -0.782. The maximum Gasteiger partial charge on any atom is 0.341 e. The van der Waals surface area contributed by atoms with Crippen LogP contribution in [0.25, 0.3) is 0 Å². The molecule has 0 saturated heterocycles. The smallest absolute Gasteiger partial charge is 0.341 e. The van der Waals surface area contributed by atoms with Crippen molar-refractivity contribution in [1.82, 2.24) is 5.16 Å². The summed E-state index contributed by atoms with van der Waals surface area (Å²) in [4.78, 5) is 11.2. The normalized spacial score (nSPS) is 28.5. The minimum absolute atomic E-state index is 0.284. The predicted octanol–water partition coefficient (Wildman–Crippen LogP) is 0.919. The number of hydrogen-bond acceptors (Lipinski definition) is 4. The molecule has 1 aliphatic carbocycles. The van der Waals surface area contributed by atoms with E-state index in [4.69, 9.17) is 4.52 Å². The highest BCUT2D eigenvalue weighted by Gasteiger charge is 2.56. The lowest BCUT2D eigenvalue weighted by molar-refractivity contribution is -0.178. The Bertz CT molecular complexity index is 409. The van der Waals surface area contributed by atoms with Gasteiger partial charge in [0.1, 0.15) is 5.76 Å². The number of fused-ring (bicyclic) bond motifs is 1. The summed E-state index contributed by atoms with van der Waals surface area (Å²) in [6.07, 6.45) is 2.46. The molecule has 1 aromatic heterocycles. The summed E-state index contributed by atoms with van der Waals surface area (Å²) in [6.45, 7) is 3.47. The Morgan fingerprint density at radius 3 is 2.87 bits per heavy atom. The van der Waals surface area contributed by atoms with Gasteiger partial charge in [-0.2, -0.15) is 0 Å². The first-order chi connectivity index (χ1) is 6.89. The number of rotatable bonds is 1. The van der Waals surface area contributed by atoms with Crippen LogP contribution in [0.15, 0.2) is 10.7 Å². The minimum Gasteiger partial charge on any atom is -0.479 e. The van der Waals surface area contributed by atoms with E-state index in [1.54, 1.807) is 13.8 Å². The summed E-state index contributed by atoms with van der Waals surface area (Å²) < 4.78 is 4.92. The van der Waals surface area contributed by atoms with Crippen LogP contribution in [0.1, 0.15) is 31.6 Å². The Hall–Kier alpha value is -1.36. The van der Waals surface area contributed by atoms with E-state index in [0.29, 0.717) is 18.6 Å². The molecule has 5 heteroatoms. The van der Waals surface area contributed by atoms with Gasteiger partial charge in [-0.25, -0.2) is 4.79 Å². The lowest BCUT2D eigenvalue weighted by atomic mass is 9.64. The van der Waals surface area contributed by atoms with E-state index in [2.05, 4.69) is 5.16 Å². The summed E-state index contributed by atoms with van der Waals surface area (Å²) >= 11 is 0. The molecule has 0 bridgehead atoms. The van der Waals surface area contributed by atoms with Crippen molar-refractivity contribution in [2.45, 2.75) is 32.3 Å². The number of aromatic nitrogens is 1. The third-order valence-corrected chi connectivity index (χ3v) is 3.30. The maximum absolute atomic E-state index is 11.2. The molecule has 2 rings (SSSR count). The van der Waals surface area contributed by atoms with Crippen molar-refractivity contribution in [2.24, 2.45) is 5.41 Å². The molecule has 2 N–H and O–H groups in total. The maximum atomic E-state index is 11.2. The van der Waals surface area contributed by atoms with Crippen molar-refractivity contribution in [3.63, 3.8) is 0 Å². The van der Waals surface area contributed by atoms with Gasteiger partial charge in [-0.1, -0.05) is 19.0 Å². The van der Waals surface area contributed by atoms with Crippen molar-refractivity contribution in [3.8, 4) is 0 Å². The average molecular weight is 211 g/mol. The highest BCUT2D eigenvalue weighted by Crippen LogP contribution is 2.48. The molecular formula is C10H13NO4. The van der Waals surface area contributed by atoms with Gasteiger partial charge >= 0.3 is 5.97 Å². The zero-order valence-electron chi connectivity index (χ0n) is 8.65. The van der Waals surface area contributed by atoms with E-state index in [0.717, 1.165) is 0 Å². The second kappa shape index (κ2) is 2.82. The molecule has 1 heterocycles. The molecule has 0 amide bonds. The first kappa shape index (κ1) is 10.2. The number of aliphatic hydroxyl groups is 1. The van der Waals surface area contributed by atoms with Crippen molar-refractivity contribution >= 4 is 5.97 Å². The number of aliphatic carboxylic acids is 1. The number of carboxylic acid groups (broad SMARTS) is 1. The quantitative estimate of drug-likeness (QED) is 0.721. The lowest BCUT2D eigenvalue weighted by Gasteiger charge is -2.41. The molecule has 1 aliphatic rings. The molecule has 1 atom stereocenters. The fourth-order valence-electron chi connectivity index (χ4n) is 2.12. The SMILES string of the molecule is CC1(C)CCc2oncc2C1(O)C(=O)O. The lowest BCUT2D eigenvalue weighted by Crippen LogP contribution is -2.51. The first-order valence-corrected chi connectivity index (χ1v) is 4.79. The van der Waals surface area contributed by atoms with Crippen LogP contribution >= 0.6 is 0 Å². The van der Waals surface area contributed by atoms with Gasteiger partial charge in [-0.05, 0) is 6.42 Å². The van der Waals surface area contributed by atoms with Crippen LogP contribution in [-0.4, -0.2) is 21.3 Å². The van der Waals surface area contributed by atoms with Crippen LogP contribution in [0.5, 0.6) is 0 Å². The molecule has 1 unspecified atom stereocenters. The molecule has 0 radical (unpaired) electrons. The number of carboxylic acids is 1. The second-order valence-corrected chi connectivity index (χ2v) is 4.56. The van der Waals surface area contributed by atoms with E-state index in [1.165, 1.54) is 6.20 Å². The summed E-state index contributed by atoms with van der Waals surface area (Å²) in [7, 11) is 0. The highest BCUT2D eigenvalue weighted by molar-refractivity contribution is 5.81. The molecule has 82 valence electrons. The standard InChI is InChI=1S/C10H13NO4/c1-9(2)4-3-7-6(5-11-15-7)10(9,14)8(12)13/h5,14H,3-4H2,1-2H3,(H,12,13). The van der Waals surface area contributed by atoms with Gasteiger partial charge in [0.25, 0.3) is 0 Å². The Balaban J connectivity index is 2.64. The second-order valence-electron chi connectivity index (χ2n) is 4.56. The molecule has 5 nitrogen and oxygen atoms in total. The summed E-state index contributed by atoms with van der Waals surface area (Å²) in [6, 6.07) is 0. The summed E-state index contributed by atoms with van der Waals surface area (Å²) in [5, 5.41) is 23.0. The summed E-state index contributed by atoms with van der Waals surface area (Å²) in [5.41, 5.74) is -2.34. The molecule has 15 heavy (non-hydrogen) atoms.